The van der Waals surface area contributed by atoms with Crippen molar-refractivity contribution in [2.45, 2.75) is 27.2 Å². The molecule has 1 rings (SSSR count). The van der Waals surface area contributed by atoms with Crippen LogP contribution in [0.25, 0.3) is 0 Å². The van der Waals surface area contributed by atoms with Gasteiger partial charge in [-0.2, -0.15) is 0 Å². The topological polar surface area (TPSA) is 54.5 Å². The number of rotatable bonds is 8. The van der Waals surface area contributed by atoms with Crippen molar-refractivity contribution in [1.82, 2.24) is 9.88 Å². The first-order chi connectivity index (χ1) is 9.12. The molecule has 1 heterocycles. The minimum absolute atomic E-state index is 0.370. The van der Waals surface area contributed by atoms with E-state index in [1.54, 1.807) is 0 Å². The van der Waals surface area contributed by atoms with Gasteiger partial charge in [0.15, 0.2) is 10.8 Å². The Balaban J connectivity index is 2.40. The van der Waals surface area contributed by atoms with Crippen molar-refractivity contribution in [3.05, 3.63) is 10.6 Å². The van der Waals surface area contributed by atoms with Gasteiger partial charge in [0.25, 0.3) is 0 Å². The molecule has 0 atom stereocenters. The number of nitrogens with one attached hydrogen (secondary N) is 1. The summed E-state index contributed by atoms with van der Waals surface area (Å²) in [5, 5.41) is 4.05. The first kappa shape index (κ1) is 15.9. The number of esters is 1. The fourth-order valence-corrected chi connectivity index (χ4v) is 2.62. The summed E-state index contributed by atoms with van der Waals surface area (Å²) in [6.45, 7) is 10.3. The van der Waals surface area contributed by atoms with Gasteiger partial charge >= 0.3 is 5.97 Å². The summed E-state index contributed by atoms with van der Waals surface area (Å²) in [6, 6.07) is 0. The molecule has 0 aromatic carbocycles. The summed E-state index contributed by atoms with van der Waals surface area (Å²) in [7, 11) is 1.37. The number of methoxy groups -OCH3 is 1. The number of aromatic nitrogens is 1. The predicted octanol–water partition coefficient (Wildman–Crippen LogP) is 2.38. The zero-order chi connectivity index (χ0) is 14.3. The highest BCUT2D eigenvalue weighted by atomic mass is 32.1. The fourth-order valence-electron chi connectivity index (χ4n) is 1.80. The molecule has 0 aliphatic carbocycles. The molecule has 0 radical (unpaired) electrons. The lowest BCUT2D eigenvalue weighted by atomic mass is 10.3. The summed E-state index contributed by atoms with van der Waals surface area (Å²) < 4.78 is 4.69. The molecule has 0 unspecified atom stereocenters. The normalized spacial score (nSPS) is 10.8. The Morgan fingerprint density at radius 1 is 1.42 bits per heavy atom. The minimum Gasteiger partial charge on any atom is -0.464 e. The average Bonchev–Trinajstić information content (AvgIpc) is 2.79. The van der Waals surface area contributed by atoms with Crippen LogP contribution in [0.5, 0.6) is 0 Å². The summed E-state index contributed by atoms with van der Waals surface area (Å²) in [5.41, 5.74) is 0.416. The van der Waals surface area contributed by atoms with Gasteiger partial charge in [0, 0.05) is 11.4 Å². The minimum atomic E-state index is -0.370. The van der Waals surface area contributed by atoms with Crippen molar-refractivity contribution in [2.75, 3.05) is 38.6 Å². The molecule has 0 fully saturated rings. The first-order valence-corrected chi connectivity index (χ1v) is 7.45. The van der Waals surface area contributed by atoms with Gasteiger partial charge < -0.3 is 15.0 Å². The second kappa shape index (κ2) is 8.12. The van der Waals surface area contributed by atoms with Gasteiger partial charge in [0.2, 0.25) is 0 Å². The van der Waals surface area contributed by atoms with Crippen molar-refractivity contribution in [3.8, 4) is 0 Å². The molecule has 0 aliphatic heterocycles. The highest BCUT2D eigenvalue weighted by Crippen LogP contribution is 2.22. The van der Waals surface area contributed by atoms with Gasteiger partial charge in [-0.05, 0) is 33.0 Å². The molecule has 0 saturated heterocycles. The Bertz CT molecular complexity index is 403. The Morgan fingerprint density at radius 3 is 2.68 bits per heavy atom. The monoisotopic (exact) mass is 285 g/mol. The third-order valence-electron chi connectivity index (χ3n) is 3.00. The maximum atomic E-state index is 11.4. The van der Waals surface area contributed by atoms with E-state index >= 15 is 0 Å². The lowest BCUT2D eigenvalue weighted by molar-refractivity contribution is 0.0594. The molecule has 1 N–H and O–H groups in total. The maximum Gasteiger partial charge on any atom is 0.357 e. The largest absolute Gasteiger partial charge is 0.464 e. The Labute approximate surface area is 119 Å². The molecule has 0 aliphatic rings. The SMILES string of the molecule is CCN(CC)CCCNc1nc(C(=O)OC)c(C)s1. The zero-order valence-corrected chi connectivity index (χ0v) is 13.0. The molecule has 6 heteroatoms. The molecule has 19 heavy (non-hydrogen) atoms. The number of thiazole rings is 1. The molecule has 0 saturated carbocycles. The lowest BCUT2D eigenvalue weighted by Gasteiger charge is -2.17. The van der Waals surface area contributed by atoms with Crippen molar-refractivity contribution in [3.63, 3.8) is 0 Å². The van der Waals surface area contributed by atoms with Gasteiger partial charge in [-0.3, -0.25) is 0 Å². The number of hydrogen-bond donors (Lipinski definition) is 1. The Kier molecular flexibility index (Phi) is 6.80. The Hall–Kier alpha value is -1.14. The van der Waals surface area contributed by atoms with Gasteiger partial charge in [-0.25, -0.2) is 9.78 Å². The van der Waals surface area contributed by atoms with Crippen LogP contribution >= 0.6 is 11.3 Å². The van der Waals surface area contributed by atoms with Crippen LogP contribution in [0, 0.1) is 6.92 Å². The van der Waals surface area contributed by atoms with Gasteiger partial charge in [-0.1, -0.05) is 13.8 Å². The number of hydrogen-bond acceptors (Lipinski definition) is 6. The van der Waals surface area contributed by atoms with E-state index in [0.29, 0.717) is 5.69 Å². The standard InChI is InChI=1S/C13H23N3O2S/c1-5-16(6-2)9-7-8-14-13-15-11(10(3)19-13)12(17)18-4/h5-9H2,1-4H3,(H,14,15). The summed E-state index contributed by atoms with van der Waals surface area (Å²) in [5.74, 6) is -0.370. The quantitative estimate of drug-likeness (QED) is 0.587. The van der Waals surface area contributed by atoms with Crippen LogP contribution in [-0.2, 0) is 4.74 Å². The van der Waals surface area contributed by atoms with E-state index in [2.05, 4.69) is 33.8 Å². The molecule has 0 bridgehead atoms. The maximum absolute atomic E-state index is 11.4. The van der Waals surface area contributed by atoms with Gasteiger partial charge in [-0.15, -0.1) is 11.3 Å². The third kappa shape index (κ3) is 4.80. The summed E-state index contributed by atoms with van der Waals surface area (Å²) in [4.78, 5) is 19.0. The van der Waals surface area contributed by atoms with Crippen molar-refractivity contribution in [1.29, 1.82) is 0 Å². The molecule has 0 amide bonds. The van der Waals surface area contributed by atoms with Gasteiger partial charge in [0.05, 0.1) is 7.11 Å². The summed E-state index contributed by atoms with van der Waals surface area (Å²) in [6.07, 6.45) is 1.06. The van der Waals surface area contributed by atoms with E-state index < -0.39 is 0 Å². The van der Waals surface area contributed by atoms with Crippen LogP contribution in [0.4, 0.5) is 5.13 Å². The zero-order valence-electron chi connectivity index (χ0n) is 12.2. The molecular weight excluding hydrogens is 262 g/mol. The number of nitrogens with zero attached hydrogens (tertiary/aromatic N) is 2. The average molecular weight is 285 g/mol. The van der Waals surface area contributed by atoms with Crippen LogP contribution in [0.15, 0.2) is 0 Å². The molecule has 108 valence electrons. The molecule has 0 spiro atoms. The number of ether oxygens (including phenoxy) is 1. The predicted molar refractivity (Wildman–Crippen MR) is 79.1 cm³/mol. The van der Waals surface area contributed by atoms with Crippen LogP contribution in [-0.4, -0.2) is 49.1 Å². The second-order valence-corrected chi connectivity index (χ2v) is 5.43. The van der Waals surface area contributed by atoms with E-state index in [1.807, 2.05) is 6.92 Å². The van der Waals surface area contributed by atoms with E-state index in [0.717, 1.165) is 42.6 Å². The first-order valence-electron chi connectivity index (χ1n) is 6.64. The highest BCUT2D eigenvalue weighted by Gasteiger charge is 2.15. The number of aryl methyl sites for hydroxylation is 1. The van der Waals surface area contributed by atoms with E-state index in [-0.39, 0.29) is 5.97 Å². The van der Waals surface area contributed by atoms with Gasteiger partial charge in [0.1, 0.15) is 0 Å². The van der Waals surface area contributed by atoms with Crippen molar-refractivity contribution < 1.29 is 9.53 Å². The van der Waals surface area contributed by atoms with Crippen LogP contribution in [0.1, 0.15) is 35.6 Å². The van der Waals surface area contributed by atoms with E-state index in [1.165, 1.54) is 18.4 Å². The fraction of sp³-hybridized carbons (Fsp3) is 0.692. The van der Waals surface area contributed by atoms with Crippen molar-refractivity contribution in [2.24, 2.45) is 0 Å². The van der Waals surface area contributed by atoms with Crippen LogP contribution < -0.4 is 5.32 Å². The molecule has 1 aromatic rings. The van der Waals surface area contributed by atoms with Crippen molar-refractivity contribution >= 4 is 22.4 Å². The second-order valence-electron chi connectivity index (χ2n) is 4.22. The highest BCUT2D eigenvalue weighted by molar-refractivity contribution is 7.15. The molecular formula is C13H23N3O2S. The smallest absolute Gasteiger partial charge is 0.357 e. The number of anilines is 1. The number of carbonyl (C=O) groups excluding carboxylic acids is 1. The lowest BCUT2D eigenvalue weighted by Crippen LogP contribution is -2.25. The molecule has 5 nitrogen and oxygen atoms in total. The Morgan fingerprint density at radius 2 is 2.11 bits per heavy atom. The van der Waals surface area contributed by atoms with Crippen LogP contribution in [0.3, 0.4) is 0 Å². The van der Waals surface area contributed by atoms with E-state index in [9.17, 15) is 4.79 Å². The van der Waals surface area contributed by atoms with Crippen LogP contribution in [0.2, 0.25) is 0 Å². The summed E-state index contributed by atoms with van der Waals surface area (Å²) >= 11 is 1.49. The number of carbonyl (C=O) groups is 1. The van der Waals surface area contributed by atoms with E-state index in [4.69, 9.17) is 0 Å². The third-order valence-corrected chi connectivity index (χ3v) is 3.93. The molecule has 1 aromatic heterocycles.